The number of ether oxygens (including phenoxy) is 2. The maximum atomic E-state index is 12.5. The second-order valence-corrected chi connectivity index (χ2v) is 2.47. The Kier molecular flexibility index (Phi) is 1.61. The summed E-state index contributed by atoms with van der Waals surface area (Å²) in [5.74, 6) is -0.251. The highest BCUT2D eigenvalue weighted by atomic mass is 19.3. The quantitative estimate of drug-likeness (QED) is 0.622. The van der Waals surface area contributed by atoms with Crippen molar-refractivity contribution in [2.75, 3.05) is 0 Å². The summed E-state index contributed by atoms with van der Waals surface area (Å²) in [6.45, 7) is 0. The van der Waals surface area contributed by atoms with Crippen molar-refractivity contribution < 1.29 is 22.6 Å². The van der Waals surface area contributed by atoms with Crippen LogP contribution in [0.4, 0.5) is 13.2 Å². The Morgan fingerprint density at radius 1 is 1.38 bits per heavy atom. The fourth-order valence-corrected chi connectivity index (χ4v) is 0.951. The molecule has 1 aliphatic heterocycles. The molecule has 69 valence electrons. The predicted molar refractivity (Wildman–Crippen MR) is 36.4 cm³/mol. The first-order chi connectivity index (χ1) is 6.09. The molecule has 0 fully saturated rings. The van der Waals surface area contributed by atoms with Gasteiger partial charge in [0.25, 0.3) is 0 Å². The molecule has 0 amide bonds. The Morgan fingerprint density at radius 3 is 2.92 bits per heavy atom. The molecule has 5 heteroatoms. The fraction of sp³-hybridized carbons (Fsp3) is 0.250. The van der Waals surface area contributed by atoms with Crippen molar-refractivity contribution in [3.05, 3.63) is 24.3 Å². The first kappa shape index (κ1) is 8.22. The van der Waals surface area contributed by atoms with Gasteiger partial charge in [0.1, 0.15) is 0 Å². The second kappa shape index (κ2) is 2.55. The lowest BCUT2D eigenvalue weighted by molar-refractivity contribution is -0.281. The van der Waals surface area contributed by atoms with Gasteiger partial charge in [-0.05, 0) is 18.2 Å². The standard InChI is InChI=1S/C8H4F3O2/c9-7-8(10,11)13-6-4-2-1-3-5(6)12-7/h1,3-4,7H. The van der Waals surface area contributed by atoms with Crippen LogP contribution in [0.15, 0.2) is 18.2 Å². The molecule has 13 heavy (non-hydrogen) atoms. The van der Waals surface area contributed by atoms with E-state index in [4.69, 9.17) is 0 Å². The van der Waals surface area contributed by atoms with Crippen LogP contribution in [-0.4, -0.2) is 12.5 Å². The number of hydrogen-bond acceptors (Lipinski definition) is 2. The predicted octanol–water partition coefficient (Wildman–Crippen LogP) is 2.15. The zero-order valence-electron chi connectivity index (χ0n) is 6.26. The molecule has 1 heterocycles. The van der Waals surface area contributed by atoms with Crippen LogP contribution in [0.3, 0.4) is 0 Å². The van der Waals surface area contributed by atoms with Crippen LogP contribution < -0.4 is 9.47 Å². The number of alkyl halides is 3. The topological polar surface area (TPSA) is 18.5 Å². The Bertz CT molecular complexity index is 327. The van der Waals surface area contributed by atoms with Crippen LogP contribution in [0, 0.1) is 6.07 Å². The van der Waals surface area contributed by atoms with Gasteiger partial charge in [-0.1, -0.05) is 6.07 Å². The molecule has 0 aromatic heterocycles. The maximum Gasteiger partial charge on any atom is 0.468 e. The zero-order chi connectivity index (χ0) is 9.47. The van der Waals surface area contributed by atoms with Gasteiger partial charge < -0.3 is 9.47 Å². The molecule has 0 bridgehead atoms. The van der Waals surface area contributed by atoms with Crippen LogP contribution in [0.25, 0.3) is 0 Å². The van der Waals surface area contributed by atoms with Crippen molar-refractivity contribution in [1.29, 1.82) is 0 Å². The van der Waals surface area contributed by atoms with Crippen molar-refractivity contribution in [3.8, 4) is 11.5 Å². The maximum absolute atomic E-state index is 12.5. The second-order valence-electron chi connectivity index (χ2n) is 2.47. The van der Waals surface area contributed by atoms with Crippen molar-refractivity contribution in [3.63, 3.8) is 0 Å². The Hall–Kier alpha value is -1.39. The van der Waals surface area contributed by atoms with Crippen molar-refractivity contribution in [2.45, 2.75) is 12.5 Å². The Morgan fingerprint density at radius 2 is 2.15 bits per heavy atom. The van der Waals surface area contributed by atoms with E-state index >= 15 is 0 Å². The minimum atomic E-state index is -3.93. The Balaban J connectivity index is 2.39. The zero-order valence-corrected chi connectivity index (χ0v) is 6.26. The molecular formula is C8H4F3O2. The van der Waals surface area contributed by atoms with Crippen LogP contribution in [0.5, 0.6) is 11.5 Å². The summed E-state index contributed by atoms with van der Waals surface area (Å²) in [5.41, 5.74) is 0. The largest absolute Gasteiger partial charge is 0.468 e. The van der Waals surface area contributed by atoms with Gasteiger partial charge in [0, 0.05) is 0 Å². The van der Waals surface area contributed by atoms with E-state index in [2.05, 4.69) is 15.5 Å². The van der Waals surface area contributed by atoms with Crippen LogP contribution in [-0.2, 0) is 0 Å². The molecule has 1 unspecified atom stereocenters. The summed E-state index contributed by atoms with van der Waals surface area (Å²) in [6, 6.07) is 6.39. The lowest BCUT2D eigenvalue weighted by atomic mass is 10.3. The van der Waals surface area contributed by atoms with Gasteiger partial charge in [-0.15, -0.1) is 0 Å². The highest BCUT2D eigenvalue weighted by Crippen LogP contribution is 2.39. The van der Waals surface area contributed by atoms with Crippen molar-refractivity contribution >= 4 is 0 Å². The molecule has 1 aliphatic rings. The molecule has 2 nitrogen and oxygen atoms in total. The van der Waals surface area contributed by atoms with E-state index in [-0.39, 0.29) is 11.5 Å². The van der Waals surface area contributed by atoms with Gasteiger partial charge in [0.15, 0.2) is 11.5 Å². The van der Waals surface area contributed by atoms with Gasteiger partial charge in [-0.25, -0.2) is 0 Å². The number of hydrogen-bond donors (Lipinski definition) is 0. The molecule has 0 saturated heterocycles. The minimum Gasteiger partial charge on any atom is -0.447 e. The molecule has 0 saturated carbocycles. The van der Waals surface area contributed by atoms with Gasteiger partial charge in [0.05, 0.1) is 0 Å². The number of fused-ring (bicyclic) bond motifs is 1. The highest BCUT2D eigenvalue weighted by Gasteiger charge is 2.49. The molecule has 0 N–H and O–H groups in total. The van der Waals surface area contributed by atoms with Crippen LogP contribution in [0.1, 0.15) is 0 Å². The summed E-state index contributed by atoms with van der Waals surface area (Å²) in [7, 11) is 0. The molecule has 1 aromatic rings. The molecule has 1 radical (unpaired) electrons. The summed E-state index contributed by atoms with van der Waals surface area (Å²) in [4.78, 5) is 0. The van der Waals surface area contributed by atoms with Crippen molar-refractivity contribution in [1.82, 2.24) is 0 Å². The summed E-state index contributed by atoms with van der Waals surface area (Å²) in [5, 5.41) is 0. The molecule has 1 atom stereocenters. The first-order valence-electron chi connectivity index (χ1n) is 3.47. The SMILES string of the molecule is FC1Oc2cc[c]cc2OC1(F)F. The minimum absolute atomic E-state index is 0.0443. The van der Waals surface area contributed by atoms with Gasteiger partial charge in [0.2, 0.25) is 0 Å². The van der Waals surface area contributed by atoms with E-state index in [0.29, 0.717) is 0 Å². The number of benzene rings is 1. The molecular weight excluding hydrogens is 185 g/mol. The van der Waals surface area contributed by atoms with Gasteiger partial charge >= 0.3 is 12.5 Å². The van der Waals surface area contributed by atoms with E-state index in [1.807, 2.05) is 0 Å². The highest BCUT2D eigenvalue weighted by molar-refractivity contribution is 5.40. The third kappa shape index (κ3) is 1.30. The van der Waals surface area contributed by atoms with Gasteiger partial charge in [-0.3, -0.25) is 0 Å². The molecule has 2 rings (SSSR count). The third-order valence-electron chi connectivity index (χ3n) is 1.53. The lowest BCUT2D eigenvalue weighted by Gasteiger charge is -2.27. The van der Waals surface area contributed by atoms with E-state index in [0.717, 1.165) is 6.07 Å². The summed E-state index contributed by atoms with van der Waals surface area (Å²) >= 11 is 0. The van der Waals surface area contributed by atoms with Crippen molar-refractivity contribution in [2.24, 2.45) is 0 Å². The molecule has 1 aromatic carbocycles. The normalized spacial score (nSPS) is 24.1. The third-order valence-corrected chi connectivity index (χ3v) is 1.53. The van der Waals surface area contributed by atoms with E-state index in [1.165, 1.54) is 12.1 Å². The summed E-state index contributed by atoms with van der Waals surface area (Å²) in [6.07, 6.45) is -6.69. The summed E-state index contributed by atoms with van der Waals surface area (Å²) < 4.78 is 46.0. The number of rotatable bonds is 0. The average Bonchev–Trinajstić information content (AvgIpc) is 2.06. The Labute approximate surface area is 71.9 Å². The van der Waals surface area contributed by atoms with E-state index < -0.39 is 12.5 Å². The average molecular weight is 189 g/mol. The monoisotopic (exact) mass is 189 g/mol. The first-order valence-corrected chi connectivity index (χ1v) is 3.47. The van der Waals surface area contributed by atoms with Gasteiger partial charge in [-0.2, -0.15) is 13.2 Å². The van der Waals surface area contributed by atoms with Crippen LogP contribution >= 0.6 is 0 Å². The molecule has 0 spiro atoms. The van der Waals surface area contributed by atoms with E-state index in [9.17, 15) is 13.2 Å². The fourth-order valence-electron chi connectivity index (χ4n) is 0.951. The lowest BCUT2D eigenvalue weighted by Crippen LogP contribution is -2.43. The number of halogens is 3. The smallest absolute Gasteiger partial charge is 0.447 e. The van der Waals surface area contributed by atoms with Crippen LogP contribution in [0.2, 0.25) is 0 Å². The molecule has 0 aliphatic carbocycles. The van der Waals surface area contributed by atoms with E-state index in [1.54, 1.807) is 0 Å².